The monoisotopic (exact) mass is 345 g/mol. The summed E-state index contributed by atoms with van der Waals surface area (Å²) in [5, 5.41) is 0. The Bertz CT molecular complexity index is 408. The van der Waals surface area contributed by atoms with Crippen LogP contribution in [0.2, 0.25) is 0 Å². The van der Waals surface area contributed by atoms with Crippen LogP contribution in [0.4, 0.5) is 5.69 Å². The molecule has 2 radical (unpaired) electrons. The van der Waals surface area contributed by atoms with Gasteiger partial charge < -0.3 is 4.90 Å². The van der Waals surface area contributed by atoms with E-state index < -0.39 is 0 Å². The van der Waals surface area contributed by atoms with Crippen LogP contribution >= 0.6 is 43.6 Å². The molecule has 0 bridgehead atoms. The molecule has 1 nitrogen and oxygen atoms in total. The van der Waals surface area contributed by atoms with Crippen LogP contribution < -0.4 is 4.90 Å². The lowest BCUT2D eigenvalue weighted by molar-refractivity contribution is 1.13. The fourth-order valence-electron chi connectivity index (χ4n) is 1.33. The summed E-state index contributed by atoms with van der Waals surface area (Å²) < 4.78 is 2.14. The molecule has 0 aromatic heterocycles. The highest BCUT2D eigenvalue weighted by atomic mass is 79.9. The maximum absolute atomic E-state index is 3.56. The van der Waals surface area contributed by atoms with Crippen molar-refractivity contribution >= 4 is 49.3 Å². The second-order valence-electron chi connectivity index (χ2n) is 3.24. The molecule has 1 aromatic carbocycles. The Labute approximate surface area is 111 Å². The molecular weight excluding hydrogens is 338 g/mol. The van der Waals surface area contributed by atoms with Gasteiger partial charge in [-0.3, -0.25) is 0 Å². The molecule has 1 aliphatic heterocycles. The Hall–Kier alpha value is 0.0700. The summed E-state index contributed by atoms with van der Waals surface area (Å²) in [6.07, 6.45) is 0. The van der Waals surface area contributed by atoms with Crippen LogP contribution in [0.5, 0.6) is 0 Å². The average molecular weight is 347 g/mol. The van der Waals surface area contributed by atoms with E-state index in [1.165, 1.54) is 10.6 Å². The highest BCUT2D eigenvalue weighted by Crippen LogP contribution is 2.44. The highest BCUT2D eigenvalue weighted by molar-refractivity contribution is 9.11. The number of halogens is 2. The highest BCUT2D eigenvalue weighted by Gasteiger charge is 2.23. The molecule has 2 rings (SSSR count). The molecule has 4 heteroatoms. The SMILES string of the molecule is CC1=C(C)N(c2c(Br)cccc2Br)[C]S1. The molecule has 1 aromatic rings. The normalized spacial score (nSPS) is 16.4. The predicted molar refractivity (Wildman–Crippen MR) is 73.5 cm³/mol. The third kappa shape index (κ3) is 2.12. The van der Waals surface area contributed by atoms with E-state index in [2.05, 4.69) is 56.5 Å². The minimum absolute atomic E-state index is 1.07. The molecular formula is C11H9Br2NS. The van der Waals surface area contributed by atoms with Crippen LogP contribution in [0.1, 0.15) is 13.8 Å². The molecule has 1 heterocycles. The van der Waals surface area contributed by atoms with Crippen LogP contribution in [-0.2, 0) is 0 Å². The Morgan fingerprint density at radius 1 is 1.20 bits per heavy atom. The van der Waals surface area contributed by atoms with Gasteiger partial charge in [-0.25, -0.2) is 0 Å². The molecule has 0 fully saturated rings. The van der Waals surface area contributed by atoms with E-state index in [1.807, 2.05) is 18.2 Å². The van der Waals surface area contributed by atoms with Crippen LogP contribution in [-0.4, -0.2) is 0 Å². The van der Waals surface area contributed by atoms with Gasteiger partial charge in [-0.05, 0) is 57.8 Å². The molecule has 0 spiro atoms. The van der Waals surface area contributed by atoms with Crippen LogP contribution in [0.15, 0.2) is 37.7 Å². The van der Waals surface area contributed by atoms with Crippen molar-refractivity contribution in [1.82, 2.24) is 0 Å². The van der Waals surface area contributed by atoms with Crippen molar-refractivity contribution in [2.75, 3.05) is 4.90 Å². The fraction of sp³-hybridized carbons (Fsp3) is 0.182. The topological polar surface area (TPSA) is 3.24 Å². The van der Waals surface area contributed by atoms with Gasteiger partial charge in [0, 0.05) is 19.5 Å². The number of anilines is 1. The Balaban J connectivity index is 2.47. The second-order valence-corrected chi connectivity index (χ2v) is 5.95. The minimum Gasteiger partial charge on any atom is -0.321 e. The summed E-state index contributed by atoms with van der Waals surface area (Å²) in [5.41, 5.74) is 2.34. The molecule has 0 saturated carbocycles. The second kappa shape index (κ2) is 4.52. The standard InChI is InChI=1S/C11H9Br2NS/c1-7-8(2)15-6-14(7)11-9(12)4-3-5-10(11)13/h3-5H,1-2H3. The van der Waals surface area contributed by atoms with Gasteiger partial charge in [-0.15, -0.1) is 0 Å². The number of hydrogen-bond acceptors (Lipinski definition) is 2. The minimum atomic E-state index is 1.07. The van der Waals surface area contributed by atoms with Crippen molar-refractivity contribution < 1.29 is 0 Å². The van der Waals surface area contributed by atoms with Crippen molar-refractivity contribution in [2.45, 2.75) is 13.8 Å². The molecule has 78 valence electrons. The van der Waals surface area contributed by atoms with Crippen molar-refractivity contribution in [3.8, 4) is 0 Å². The third-order valence-electron chi connectivity index (χ3n) is 2.30. The number of allylic oxidation sites excluding steroid dienone is 2. The smallest absolute Gasteiger partial charge is 0.169 e. The number of thioether (sulfide) groups is 1. The summed E-state index contributed by atoms with van der Waals surface area (Å²) in [6, 6.07) is 6.08. The third-order valence-corrected chi connectivity index (χ3v) is 4.45. The van der Waals surface area contributed by atoms with Crippen LogP contribution in [0.3, 0.4) is 0 Å². The molecule has 0 aliphatic carbocycles. The van der Waals surface area contributed by atoms with Gasteiger partial charge in [-0.2, -0.15) is 0 Å². The first-order valence-electron chi connectivity index (χ1n) is 4.45. The van der Waals surface area contributed by atoms with Crippen LogP contribution in [0, 0.1) is 5.88 Å². The van der Waals surface area contributed by atoms with Crippen molar-refractivity contribution in [2.24, 2.45) is 0 Å². The molecule has 0 amide bonds. The van der Waals surface area contributed by atoms with E-state index in [1.54, 1.807) is 11.8 Å². The van der Waals surface area contributed by atoms with Gasteiger partial charge in [0.15, 0.2) is 5.88 Å². The molecule has 0 N–H and O–H groups in total. The maximum Gasteiger partial charge on any atom is 0.169 e. The largest absolute Gasteiger partial charge is 0.321 e. The zero-order valence-corrected chi connectivity index (χ0v) is 12.3. The van der Waals surface area contributed by atoms with Gasteiger partial charge in [0.1, 0.15) is 0 Å². The summed E-state index contributed by atoms with van der Waals surface area (Å²) in [4.78, 5) is 3.37. The fourth-order valence-corrected chi connectivity index (χ4v) is 3.38. The van der Waals surface area contributed by atoms with Gasteiger partial charge in [-0.1, -0.05) is 17.8 Å². The molecule has 1 aliphatic rings. The quantitative estimate of drug-likeness (QED) is 0.702. The van der Waals surface area contributed by atoms with Crippen molar-refractivity contribution in [1.29, 1.82) is 0 Å². The average Bonchev–Trinajstić information content (AvgIpc) is 2.49. The van der Waals surface area contributed by atoms with E-state index in [0.29, 0.717) is 0 Å². The zero-order chi connectivity index (χ0) is 11.0. The summed E-state index contributed by atoms with van der Waals surface area (Å²) in [7, 11) is 0. The van der Waals surface area contributed by atoms with Crippen molar-refractivity contribution in [3.05, 3.63) is 43.6 Å². The first kappa shape index (κ1) is 11.6. The van der Waals surface area contributed by atoms with Gasteiger partial charge in [0.25, 0.3) is 0 Å². The Morgan fingerprint density at radius 2 is 1.80 bits per heavy atom. The van der Waals surface area contributed by atoms with E-state index >= 15 is 0 Å². The molecule has 0 saturated heterocycles. The van der Waals surface area contributed by atoms with Gasteiger partial charge in [0.2, 0.25) is 0 Å². The first-order valence-corrected chi connectivity index (χ1v) is 6.85. The molecule has 15 heavy (non-hydrogen) atoms. The van der Waals surface area contributed by atoms with Crippen molar-refractivity contribution in [3.63, 3.8) is 0 Å². The lowest BCUT2D eigenvalue weighted by Crippen LogP contribution is -2.13. The van der Waals surface area contributed by atoms with E-state index in [9.17, 15) is 0 Å². The Morgan fingerprint density at radius 3 is 2.27 bits per heavy atom. The number of benzene rings is 1. The number of rotatable bonds is 1. The lowest BCUT2D eigenvalue weighted by atomic mass is 10.3. The molecule has 0 unspecified atom stereocenters. The van der Waals surface area contributed by atoms with E-state index in [4.69, 9.17) is 0 Å². The zero-order valence-electron chi connectivity index (χ0n) is 8.34. The Kier molecular flexibility index (Phi) is 3.48. The maximum atomic E-state index is 3.56. The summed E-state index contributed by atoms with van der Waals surface area (Å²) >= 11 is 8.76. The van der Waals surface area contributed by atoms with Gasteiger partial charge in [0.05, 0.1) is 5.69 Å². The van der Waals surface area contributed by atoms with Gasteiger partial charge >= 0.3 is 0 Å². The molecule has 0 atom stereocenters. The summed E-state index contributed by atoms with van der Waals surface area (Å²) in [6.45, 7) is 4.21. The first-order chi connectivity index (χ1) is 7.11. The predicted octanol–water partition coefficient (Wildman–Crippen LogP) is 5.01. The summed E-state index contributed by atoms with van der Waals surface area (Å²) in [5.74, 6) is 3.27. The lowest BCUT2D eigenvalue weighted by Gasteiger charge is -2.21. The van der Waals surface area contributed by atoms with Crippen LogP contribution in [0.25, 0.3) is 0 Å². The number of hydrogen-bond donors (Lipinski definition) is 0. The van der Waals surface area contributed by atoms with E-state index in [0.717, 1.165) is 14.6 Å². The number of nitrogens with zero attached hydrogens (tertiary/aromatic N) is 1. The number of para-hydroxylation sites is 1. The van der Waals surface area contributed by atoms with E-state index in [-0.39, 0.29) is 0 Å².